The molecule has 0 saturated carbocycles. The van der Waals surface area contributed by atoms with Gasteiger partial charge in [-0.2, -0.15) is 5.10 Å². The molecule has 2 aromatic carbocycles. The number of ether oxygens (including phenoxy) is 1. The van der Waals surface area contributed by atoms with Crippen LogP contribution < -0.4 is 10.1 Å². The van der Waals surface area contributed by atoms with E-state index in [-0.39, 0.29) is 6.04 Å². The van der Waals surface area contributed by atoms with E-state index < -0.39 is 0 Å². The average molecular weight is 322 g/mol. The van der Waals surface area contributed by atoms with Crippen LogP contribution in [-0.4, -0.2) is 22.3 Å². The summed E-state index contributed by atoms with van der Waals surface area (Å²) in [5.41, 5.74) is 4.63. The van der Waals surface area contributed by atoms with Crippen LogP contribution in [0.4, 0.5) is 0 Å². The fourth-order valence-electron chi connectivity index (χ4n) is 2.75. The maximum absolute atomic E-state index is 5.48. The normalized spacial score (nSPS) is 12.1. The number of hydrogen-bond donors (Lipinski definition) is 2. The van der Waals surface area contributed by atoms with Crippen LogP contribution in [0, 0.1) is 6.92 Å². The first-order valence-electron chi connectivity index (χ1n) is 8.00. The quantitative estimate of drug-likeness (QED) is 0.727. The van der Waals surface area contributed by atoms with Gasteiger partial charge in [0.05, 0.1) is 7.11 Å². The first kappa shape index (κ1) is 16.2. The standard InChI is InChI=1S/C19H22N4O/c1-13-7-8-18(24-3)17(9-13)14(2)20-11-15-5-4-6-16(10-15)19-21-12-22-23-19/h4-10,12,14,20H,11H2,1-3H3,(H,21,22,23)/t14-/m1/s1. The van der Waals surface area contributed by atoms with E-state index in [4.69, 9.17) is 4.74 Å². The fourth-order valence-corrected chi connectivity index (χ4v) is 2.75. The molecule has 5 nitrogen and oxygen atoms in total. The zero-order valence-corrected chi connectivity index (χ0v) is 14.2. The molecule has 1 heterocycles. The summed E-state index contributed by atoms with van der Waals surface area (Å²) < 4.78 is 5.48. The lowest BCUT2D eigenvalue weighted by molar-refractivity contribution is 0.401. The number of hydrogen-bond acceptors (Lipinski definition) is 4. The van der Waals surface area contributed by atoms with Crippen LogP contribution in [0.15, 0.2) is 48.8 Å². The summed E-state index contributed by atoms with van der Waals surface area (Å²) in [5.74, 6) is 1.70. The van der Waals surface area contributed by atoms with Gasteiger partial charge in [0.2, 0.25) is 0 Å². The number of H-pyrrole nitrogens is 1. The summed E-state index contributed by atoms with van der Waals surface area (Å²) in [4.78, 5) is 4.20. The molecule has 5 heteroatoms. The van der Waals surface area contributed by atoms with Crippen molar-refractivity contribution >= 4 is 0 Å². The molecule has 1 atom stereocenters. The minimum Gasteiger partial charge on any atom is -0.496 e. The lowest BCUT2D eigenvalue weighted by Gasteiger charge is -2.18. The van der Waals surface area contributed by atoms with Gasteiger partial charge in [-0.25, -0.2) is 4.98 Å². The summed E-state index contributed by atoms with van der Waals surface area (Å²) in [6.45, 7) is 5.01. The summed E-state index contributed by atoms with van der Waals surface area (Å²) in [7, 11) is 1.71. The van der Waals surface area contributed by atoms with Gasteiger partial charge in [-0.15, -0.1) is 0 Å². The summed E-state index contributed by atoms with van der Waals surface area (Å²) in [6.07, 6.45) is 1.52. The van der Waals surface area contributed by atoms with Gasteiger partial charge in [-0.05, 0) is 31.5 Å². The molecule has 0 saturated heterocycles. The van der Waals surface area contributed by atoms with Crippen LogP contribution in [0.25, 0.3) is 11.4 Å². The molecule has 3 aromatic rings. The highest BCUT2D eigenvalue weighted by Gasteiger charge is 2.11. The molecule has 0 unspecified atom stereocenters. The molecule has 2 N–H and O–H groups in total. The van der Waals surface area contributed by atoms with Crippen LogP contribution in [0.1, 0.15) is 29.7 Å². The number of benzene rings is 2. The van der Waals surface area contributed by atoms with E-state index in [1.807, 2.05) is 18.2 Å². The Hall–Kier alpha value is -2.66. The Labute approximate surface area is 142 Å². The molecule has 0 fully saturated rings. The first-order chi connectivity index (χ1) is 11.7. The van der Waals surface area contributed by atoms with Crippen molar-refractivity contribution in [2.24, 2.45) is 0 Å². The van der Waals surface area contributed by atoms with Crippen molar-refractivity contribution in [3.05, 3.63) is 65.5 Å². The highest BCUT2D eigenvalue weighted by atomic mass is 16.5. The molecule has 1 aromatic heterocycles. The Kier molecular flexibility index (Phi) is 4.91. The van der Waals surface area contributed by atoms with Gasteiger partial charge in [-0.1, -0.05) is 35.9 Å². The molecule has 0 bridgehead atoms. The largest absolute Gasteiger partial charge is 0.496 e. The van der Waals surface area contributed by atoms with Gasteiger partial charge >= 0.3 is 0 Å². The van der Waals surface area contributed by atoms with E-state index in [0.29, 0.717) is 0 Å². The second kappa shape index (κ2) is 7.27. The topological polar surface area (TPSA) is 62.8 Å². The monoisotopic (exact) mass is 322 g/mol. The van der Waals surface area contributed by atoms with Gasteiger partial charge in [0, 0.05) is 23.7 Å². The second-order valence-electron chi connectivity index (χ2n) is 5.88. The van der Waals surface area contributed by atoms with Gasteiger partial charge in [-0.3, -0.25) is 5.10 Å². The molecule has 0 aliphatic heterocycles. The zero-order valence-electron chi connectivity index (χ0n) is 14.2. The van der Waals surface area contributed by atoms with Gasteiger partial charge < -0.3 is 10.1 Å². The van der Waals surface area contributed by atoms with Crippen molar-refractivity contribution in [2.45, 2.75) is 26.4 Å². The summed E-state index contributed by atoms with van der Waals surface area (Å²) in [5, 5.41) is 10.4. The van der Waals surface area contributed by atoms with Crippen molar-refractivity contribution in [3.8, 4) is 17.1 Å². The number of nitrogens with zero attached hydrogens (tertiary/aromatic N) is 2. The van der Waals surface area contributed by atoms with Crippen LogP contribution in [0.5, 0.6) is 5.75 Å². The van der Waals surface area contributed by atoms with E-state index >= 15 is 0 Å². The fraction of sp³-hybridized carbons (Fsp3) is 0.263. The first-order valence-corrected chi connectivity index (χ1v) is 8.00. The molecule has 3 rings (SSSR count). The Morgan fingerprint density at radius 1 is 1.21 bits per heavy atom. The zero-order chi connectivity index (χ0) is 16.9. The van der Waals surface area contributed by atoms with Crippen molar-refractivity contribution < 1.29 is 4.74 Å². The molecule has 0 aliphatic rings. The highest BCUT2D eigenvalue weighted by Crippen LogP contribution is 2.26. The summed E-state index contributed by atoms with van der Waals surface area (Å²) >= 11 is 0. The number of aromatic amines is 1. The van der Waals surface area contributed by atoms with Gasteiger partial charge in [0.15, 0.2) is 5.82 Å². The van der Waals surface area contributed by atoms with Crippen LogP contribution in [0.3, 0.4) is 0 Å². The number of nitrogens with one attached hydrogen (secondary N) is 2. The predicted molar refractivity (Wildman–Crippen MR) is 94.8 cm³/mol. The third kappa shape index (κ3) is 3.63. The Balaban J connectivity index is 1.72. The molecule has 0 spiro atoms. The second-order valence-corrected chi connectivity index (χ2v) is 5.88. The molecule has 0 radical (unpaired) electrons. The molecule has 124 valence electrons. The van der Waals surface area contributed by atoms with Crippen molar-refractivity contribution in [2.75, 3.05) is 7.11 Å². The van der Waals surface area contributed by atoms with Crippen molar-refractivity contribution in [1.29, 1.82) is 0 Å². The lowest BCUT2D eigenvalue weighted by Crippen LogP contribution is -2.18. The molecule has 0 amide bonds. The minimum absolute atomic E-state index is 0.189. The Morgan fingerprint density at radius 2 is 2.08 bits per heavy atom. The third-order valence-corrected chi connectivity index (χ3v) is 4.08. The lowest BCUT2D eigenvalue weighted by atomic mass is 10.0. The molecular formula is C19H22N4O. The minimum atomic E-state index is 0.189. The Morgan fingerprint density at radius 3 is 2.83 bits per heavy atom. The van der Waals surface area contributed by atoms with Gasteiger partial charge in [0.25, 0.3) is 0 Å². The number of methoxy groups -OCH3 is 1. The van der Waals surface area contributed by atoms with E-state index in [1.54, 1.807) is 7.11 Å². The van der Waals surface area contributed by atoms with Crippen molar-refractivity contribution in [3.63, 3.8) is 0 Å². The van der Waals surface area contributed by atoms with E-state index in [1.165, 1.54) is 23.0 Å². The number of aromatic nitrogens is 3. The molecular weight excluding hydrogens is 300 g/mol. The maximum atomic E-state index is 5.48. The molecule has 24 heavy (non-hydrogen) atoms. The van der Waals surface area contributed by atoms with Crippen LogP contribution in [-0.2, 0) is 6.54 Å². The highest BCUT2D eigenvalue weighted by molar-refractivity contribution is 5.55. The number of rotatable bonds is 6. The van der Waals surface area contributed by atoms with Crippen molar-refractivity contribution in [1.82, 2.24) is 20.5 Å². The van der Waals surface area contributed by atoms with E-state index in [2.05, 4.69) is 58.6 Å². The molecule has 0 aliphatic carbocycles. The van der Waals surface area contributed by atoms with E-state index in [0.717, 1.165) is 23.7 Å². The van der Waals surface area contributed by atoms with Crippen LogP contribution >= 0.6 is 0 Å². The predicted octanol–water partition coefficient (Wildman–Crippen LogP) is 3.64. The summed E-state index contributed by atoms with van der Waals surface area (Å²) in [6, 6.07) is 14.7. The maximum Gasteiger partial charge on any atom is 0.155 e. The third-order valence-electron chi connectivity index (χ3n) is 4.08. The average Bonchev–Trinajstić information content (AvgIpc) is 3.14. The van der Waals surface area contributed by atoms with Crippen LogP contribution in [0.2, 0.25) is 0 Å². The smallest absolute Gasteiger partial charge is 0.155 e. The SMILES string of the molecule is COc1ccc(C)cc1[C@@H](C)NCc1cccc(-c2ncn[nH]2)c1. The Bertz CT molecular complexity index is 799. The van der Waals surface area contributed by atoms with Gasteiger partial charge in [0.1, 0.15) is 12.1 Å². The number of aryl methyl sites for hydroxylation is 1. The van der Waals surface area contributed by atoms with E-state index in [9.17, 15) is 0 Å².